The molecule has 0 spiro atoms. The minimum absolute atomic E-state index is 0.0733. The minimum Gasteiger partial charge on any atom is -0.119 e. The van der Waals surface area contributed by atoms with E-state index < -0.39 is 0 Å². The second kappa shape index (κ2) is 5.61. The average Bonchev–Trinajstić information content (AvgIpc) is 2.44. The van der Waals surface area contributed by atoms with Crippen LogP contribution in [0, 0.1) is 0 Å². The number of nitrogens with zero attached hydrogens (tertiary/aromatic N) is 1. The Morgan fingerprint density at radius 1 is 0.947 bits per heavy atom. The van der Waals surface area contributed by atoms with Crippen LogP contribution in [-0.4, -0.2) is 17.9 Å². The third-order valence-electron chi connectivity index (χ3n) is 3.19. The summed E-state index contributed by atoms with van der Waals surface area (Å²) in [7, 11) is 2.25. The molecule has 19 heavy (non-hydrogen) atoms. The highest BCUT2D eigenvalue weighted by molar-refractivity contribution is 8.03. The van der Waals surface area contributed by atoms with E-state index in [-0.39, 0.29) is 11.1 Å². The van der Waals surface area contributed by atoms with E-state index in [9.17, 15) is 0 Å². The summed E-state index contributed by atoms with van der Waals surface area (Å²) in [4.78, 5) is 5.77. The first-order valence-electron chi connectivity index (χ1n) is 6.62. The summed E-state index contributed by atoms with van der Waals surface area (Å²) in [5, 5.41) is 0. The van der Waals surface area contributed by atoms with Gasteiger partial charge in [-0.05, 0) is 30.7 Å². The Kier molecular flexibility index (Phi) is 3.87. The highest BCUT2D eigenvalue weighted by Crippen LogP contribution is 2.46. The molecule has 0 unspecified atom stereocenters. The van der Waals surface area contributed by atoms with E-state index in [0.29, 0.717) is 0 Å². The van der Waals surface area contributed by atoms with Gasteiger partial charge in [-0.3, -0.25) is 0 Å². The predicted molar refractivity (Wildman–Crippen MR) is 83.8 cm³/mol. The summed E-state index contributed by atoms with van der Waals surface area (Å²) in [6.45, 7) is 3.38. The van der Waals surface area contributed by atoms with Gasteiger partial charge in [-0.2, -0.15) is 0 Å². The summed E-state index contributed by atoms with van der Waals surface area (Å²) in [6.07, 6.45) is 1.19. The van der Waals surface area contributed by atoms with Crippen LogP contribution in [-0.2, 0) is 11.1 Å². The first-order valence-corrected chi connectivity index (χ1v) is 8.62. The molecular weight excluding hydrogens is 270 g/mol. The molecule has 0 aromatic heterocycles. The SMILES string of the molecule is CCCN(C)[S+]1c2ccccc2Sc2ccccc21. The van der Waals surface area contributed by atoms with Gasteiger partial charge in [-0.25, -0.2) is 0 Å². The van der Waals surface area contributed by atoms with Gasteiger partial charge in [-0.15, -0.1) is 4.31 Å². The molecule has 0 bridgehead atoms. The van der Waals surface area contributed by atoms with E-state index in [1.54, 1.807) is 0 Å². The van der Waals surface area contributed by atoms with E-state index in [2.05, 4.69) is 66.8 Å². The molecule has 1 aliphatic heterocycles. The second-order valence-electron chi connectivity index (χ2n) is 4.63. The Bertz CT molecular complexity index is 537. The van der Waals surface area contributed by atoms with Crippen LogP contribution in [0.4, 0.5) is 0 Å². The van der Waals surface area contributed by atoms with Crippen molar-refractivity contribution in [2.75, 3.05) is 13.6 Å². The van der Waals surface area contributed by atoms with Gasteiger partial charge >= 0.3 is 0 Å². The predicted octanol–water partition coefficient (Wildman–Crippen LogP) is 4.44. The fraction of sp³-hybridized carbons (Fsp3) is 0.250. The number of hydrogen-bond donors (Lipinski definition) is 0. The van der Waals surface area contributed by atoms with E-state index >= 15 is 0 Å². The first kappa shape index (κ1) is 13.1. The summed E-state index contributed by atoms with van der Waals surface area (Å²) in [5.41, 5.74) is 0. The van der Waals surface area contributed by atoms with Crippen molar-refractivity contribution in [1.29, 1.82) is 0 Å². The van der Waals surface area contributed by atoms with Gasteiger partial charge in [0.1, 0.15) is 0 Å². The molecule has 1 heterocycles. The molecule has 2 aromatic carbocycles. The van der Waals surface area contributed by atoms with Crippen molar-refractivity contribution in [1.82, 2.24) is 4.31 Å². The van der Waals surface area contributed by atoms with Crippen LogP contribution in [0.3, 0.4) is 0 Å². The van der Waals surface area contributed by atoms with Crippen LogP contribution in [0.5, 0.6) is 0 Å². The number of fused-ring (bicyclic) bond motifs is 2. The van der Waals surface area contributed by atoms with E-state index in [1.807, 2.05) is 11.8 Å². The fourth-order valence-electron chi connectivity index (χ4n) is 2.37. The van der Waals surface area contributed by atoms with Crippen molar-refractivity contribution in [3.8, 4) is 0 Å². The molecule has 0 N–H and O–H groups in total. The zero-order chi connectivity index (χ0) is 13.2. The Morgan fingerprint density at radius 3 is 2.00 bits per heavy atom. The minimum atomic E-state index is 0.0733. The smallest absolute Gasteiger partial charge is 0.119 e. The number of rotatable bonds is 3. The first-order chi connectivity index (χ1) is 9.31. The van der Waals surface area contributed by atoms with E-state index in [4.69, 9.17) is 0 Å². The molecule has 1 aliphatic rings. The molecule has 0 saturated carbocycles. The van der Waals surface area contributed by atoms with Gasteiger partial charge < -0.3 is 0 Å². The molecule has 2 aromatic rings. The maximum absolute atomic E-state index is 2.50. The Morgan fingerprint density at radius 2 is 1.47 bits per heavy atom. The number of hydrogen-bond acceptors (Lipinski definition) is 2. The number of benzene rings is 2. The van der Waals surface area contributed by atoms with Crippen LogP contribution < -0.4 is 0 Å². The van der Waals surface area contributed by atoms with Crippen molar-refractivity contribution in [3.63, 3.8) is 0 Å². The zero-order valence-corrected chi connectivity index (χ0v) is 12.9. The zero-order valence-electron chi connectivity index (χ0n) is 11.3. The van der Waals surface area contributed by atoms with E-state index in [0.717, 1.165) is 6.54 Å². The van der Waals surface area contributed by atoms with Crippen molar-refractivity contribution in [3.05, 3.63) is 48.5 Å². The lowest BCUT2D eigenvalue weighted by atomic mass is 10.3. The molecule has 0 radical (unpaired) electrons. The third-order valence-corrected chi connectivity index (χ3v) is 6.95. The van der Waals surface area contributed by atoms with Crippen molar-refractivity contribution in [2.24, 2.45) is 0 Å². The quantitative estimate of drug-likeness (QED) is 0.768. The molecule has 0 fully saturated rings. The molecular formula is C16H18NS2+. The molecule has 0 atom stereocenters. The third kappa shape index (κ3) is 2.42. The summed E-state index contributed by atoms with van der Waals surface area (Å²) in [6, 6.07) is 17.7. The Hall–Kier alpha value is -0.900. The lowest BCUT2D eigenvalue weighted by Gasteiger charge is -2.23. The molecule has 3 rings (SSSR count). The molecule has 98 valence electrons. The van der Waals surface area contributed by atoms with Crippen LogP contribution >= 0.6 is 11.8 Å². The van der Waals surface area contributed by atoms with Gasteiger partial charge in [0.2, 0.25) is 0 Å². The van der Waals surface area contributed by atoms with Crippen LogP contribution in [0.2, 0.25) is 0 Å². The molecule has 1 nitrogen and oxygen atoms in total. The van der Waals surface area contributed by atoms with Gasteiger partial charge in [0, 0.05) is 13.6 Å². The monoisotopic (exact) mass is 288 g/mol. The molecule has 0 aliphatic carbocycles. The highest BCUT2D eigenvalue weighted by Gasteiger charge is 2.39. The highest BCUT2D eigenvalue weighted by atomic mass is 32.2. The topological polar surface area (TPSA) is 3.24 Å². The summed E-state index contributed by atoms with van der Waals surface area (Å²) < 4.78 is 2.50. The van der Waals surface area contributed by atoms with Crippen LogP contribution in [0.1, 0.15) is 13.3 Å². The fourth-order valence-corrected chi connectivity index (χ4v) is 6.16. The van der Waals surface area contributed by atoms with Gasteiger partial charge in [-0.1, -0.05) is 43.0 Å². The largest absolute Gasteiger partial charge is 0.196 e. The lowest BCUT2D eigenvalue weighted by Crippen LogP contribution is -2.30. The van der Waals surface area contributed by atoms with E-state index in [1.165, 1.54) is 26.0 Å². The van der Waals surface area contributed by atoms with Gasteiger partial charge in [0.25, 0.3) is 0 Å². The maximum Gasteiger partial charge on any atom is 0.196 e. The normalized spacial score (nSPS) is 14.3. The maximum atomic E-state index is 2.50. The summed E-state index contributed by atoms with van der Waals surface area (Å²) >= 11 is 1.98. The Labute approximate surface area is 122 Å². The lowest BCUT2D eigenvalue weighted by molar-refractivity contribution is 0.545. The van der Waals surface area contributed by atoms with Gasteiger partial charge in [0.05, 0.1) is 9.79 Å². The summed E-state index contributed by atoms with van der Waals surface area (Å²) in [5.74, 6) is 0. The van der Waals surface area contributed by atoms with Crippen molar-refractivity contribution in [2.45, 2.75) is 32.9 Å². The van der Waals surface area contributed by atoms with Crippen molar-refractivity contribution < 1.29 is 0 Å². The van der Waals surface area contributed by atoms with Crippen LogP contribution in [0.15, 0.2) is 68.1 Å². The second-order valence-corrected chi connectivity index (χ2v) is 7.79. The van der Waals surface area contributed by atoms with Crippen molar-refractivity contribution >= 4 is 22.8 Å². The molecule has 0 amide bonds. The molecule has 0 saturated heterocycles. The van der Waals surface area contributed by atoms with Crippen LogP contribution in [0.25, 0.3) is 0 Å². The Balaban J connectivity index is 2.11. The standard InChI is InChI=1S/C16H18NS2/c1-3-12-17(2)19-15-10-6-4-8-13(15)18-14-9-5-7-11-16(14)19/h4-11H,3,12H2,1-2H3/q+1. The average molecular weight is 288 g/mol. The van der Waals surface area contributed by atoms with Gasteiger partial charge in [0.15, 0.2) is 20.9 Å². The molecule has 3 heteroatoms.